The van der Waals surface area contributed by atoms with Crippen molar-refractivity contribution in [3.05, 3.63) is 11.6 Å². The molecule has 0 bridgehead atoms. The first-order chi connectivity index (χ1) is 19.8. The van der Waals surface area contributed by atoms with Gasteiger partial charge in [-0.1, -0.05) is 65.5 Å². The fourth-order valence-electron chi connectivity index (χ4n) is 9.77. The van der Waals surface area contributed by atoms with E-state index in [1.807, 2.05) is 0 Å². The van der Waals surface area contributed by atoms with E-state index in [0.717, 1.165) is 54.8 Å². The minimum Gasteiger partial charge on any atom is -0.481 e. The first kappa shape index (κ1) is 32.9. The smallest absolute Gasteiger partial charge is 0.409 e. The van der Waals surface area contributed by atoms with E-state index in [2.05, 4.69) is 40.7 Å². The molecule has 0 aliphatic heterocycles. The monoisotopic (exact) mass is 586 g/mol. The third-order valence-electron chi connectivity index (χ3n) is 12.3. The first-order valence-electron chi connectivity index (χ1n) is 16.8. The zero-order valence-electron chi connectivity index (χ0n) is 27.5. The fourth-order valence-corrected chi connectivity index (χ4v) is 9.77. The average Bonchev–Trinajstić information content (AvgIpc) is 3.28. The second-order valence-electron chi connectivity index (χ2n) is 15.3. The van der Waals surface area contributed by atoms with E-state index >= 15 is 0 Å². The summed E-state index contributed by atoms with van der Waals surface area (Å²) in [7, 11) is 3.23. The van der Waals surface area contributed by atoms with Gasteiger partial charge < -0.3 is 19.6 Å². The molecule has 4 aliphatic carbocycles. The lowest BCUT2D eigenvalue weighted by Crippen LogP contribution is -2.51. The van der Waals surface area contributed by atoms with Crippen LogP contribution in [0.2, 0.25) is 0 Å². The number of carboxylic acids is 1. The minimum atomic E-state index is -1.15. The summed E-state index contributed by atoms with van der Waals surface area (Å²) in [4.78, 5) is 38.4. The van der Waals surface area contributed by atoms with Crippen LogP contribution in [0.5, 0.6) is 0 Å². The van der Waals surface area contributed by atoms with Crippen LogP contribution in [-0.2, 0) is 14.3 Å². The van der Waals surface area contributed by atoms with Gasteiger partial charge in [0.05, 0.1) is 0 Å². The average molecular weight is 587 g/mol. The van der Waals surface area contributed by atoms with E-state index in [4.69, 9.17) is 9.84 Å². The molecule has 0 radical (unpaired) electrons. The summed E-state index contributed by atoms with van der Waals surface area (Å²) in [5.41, 5.74) is 2.21. The molecule has 0 unspecified atom stereocenters. The highest BCUT2D eigenvalue weighted by molar-refractivity contribution is 5.93. The van der Waals surface area contributed by atoms with Crippen LogP contribution in [0.3, 0.4) is 0 Å². The Hall–Kier alpha value is -2.05. The largest absolute Gasteiger partial charge is 0.481 e. The Labute approximate surface area is 254 Å². The molecular weight excluding hydrogens is 528 g/mol. The van der Waals surface area contributed by atoms with Crippen LogP contribution in [0.15, 0.2) is 11.6 Å². The molecule has 0 aromatic rings. The summed E-state index contributed by atoms with van der Waals surface area (Å²) in [5.74, 6) is 3.26. The number of ether oxygens (including phenoxy) is 1. The van der Waals surface area contributed by atoms with Gasteiger partial charge in [-0.25, -0.2) is 4.79 Å². The molecule has 0 aromatic carbocycles. The molecule has 1 N–H and O–H groups in total. The predicted molar refractivity (Wildman–Crippen MR) is 166 cm³/mol. The van der Waals surface area contributed by atoms with E-state index in [-0.39, 0.29) is 24.2 Å². The molecule has 3 saturated carbocycles. The summed E-state index contributed by atoms with van der Waals surface area (Å²) in [6.45, 7) is 13.0. The maximum absolute atomic E-state index is 12.9. The highest BCUT2D eigenvalue weighted by Crippen LogP contribution is 2.67. The SMILES string of the molecule is CC(C)CCC[C@@H](C)[C@H]1CC[C@H]2[C@@H]3CC=C4C[C@@H](OC(=O)N(C)CCN(C)C(=O)CC(=O)O)CC[C@]4(C)[C@H]3CC[C@]12C. The maximum atomic E-state index is 12.9. The molecule has 42 heavy (non-hydrogen) atoms. The summed E-state index contributed by atoms with van der Waals surface area (Å²) in [6.07, 6.45) is 15.1. The molecule has 238 valence electrons. The molecule has 0 heterocycles. The molecule has 0 saturated heterocycles. The first-order valence-corrected chi connectivity index (χ1v) is 16.8. The van der Waals surface area contributed by atoms with Gasteiger partial charge in [-0.3, -0.25) is 9.59 Å². The van der Waals surface area contributed by atoms with Crippen molar-refractivity contribution < 1.29 is 24.2 Å². The number of amides is 2. The van der Waals surface area contributed by atoms with Crippen LogP contribution in [-0.4, -0.2) is 66.2 Å². The molecule has 7 heteroatoms. The highest BCUT2D eigenvalue weighted by Gasteiger charge is 2.59. The number of nitrogens with zero attached hydrogens (tertiary/aromatic N) is 2. The molecule has 4 rings (SSSR count). The zero-order chi connectivity index (χ0) is 30.8. The Balaban J connectivity index is 1.32. The second-order valence-corrected chi connectivity index (χ2v) is 15.3. The molecule has 2 amide bonds. The predicted octanol–water partition coefficient (Wildman–Crippen LogP) is 7.40. The molecule has 4 aliphatic rings. The van der Waals surface area contributed by atoms with Crippen molar-refractivity contribution in [2.45, 2.75) is 118 Å². The maximum Gasteiger partial charge on any atom is 0.409 e. The van der Waals surface area contributed by atoms with Gasteiger partial charge in [-0.05, 0) is 91.3 Å². The van der Waals surface area contributed by atoms with Gasteiger partial charge >= 0.3 is 12.1 Å². The van der Waals surface area contributed by atoms with E-state index in [9.17, 15) is 14.4 Å². The van der Waals surface area contributed by atoms with Crippen molar-refractivity contribution in [1.82, 2.24) is 9.80 Å². The van der Waals surface area contributed by atoms with Crippen LogP contribution in [0.1, 0.15) is 112 Å². The Morgan fingerprint density at radius 3 is 2.38 bits per heavy atom. The van der Waals surface area contributed by atoms with Crippen molar-refractivity contribution in [3.63, 3.8) is 0 Å². The quantitative estimate of drug-likeness (QED) is 0.201. The molecule has 0 aromatic heterocycles. The Morgan fingerprint density at radius 1 is 0.976 bits per heavy atom. The molecule has 8 atom stereocenters. The summed E-state index contributed by atoms with van der Waals surface area (Å²) in [5, 5.41) is 8.83. The van der Waals surface area contributed by atoms with Crippen LogP contribution >= 0.6 is 0 Å². The fraction of sp³-hybridized carbons (Fsp3) is 0.857. The van der Waals surface area contributed by atoms with Crippen molar-refractivity contribution in [1.29, 1.82) is 0 Å². The standard InChI is InChI=1S/C35H58N2O5/c1-23(2)9-8-10-24(3)28-13-14-29-27-12-11-25-21-26(15-17-34(25,4)30(27)16-18-35(28,29)5)42-33(41)37(7)20-19-36(6)31(38)22-32(39)40/h11,23-24,26-30H,8-10,12-22H2,1-7H3,(H,39,40)/t24-,26+,27+,28-,29+,30+,34+,35-/m1/s1. The van der Waals surface area contributed by atoms with Crippen LogP contribution in [0.25, 0.3) is 0 Å². The molecule has 0 spiro atoms. The number of fused-ring (bicyclic) bond motifs is 5. The zero-order valence-corrected chi connectivity index (χ0v) is 27.5. The van der Waals surface area contributed by atoms with Crippen molar-refractivity contribution in [2.24, 2.45) is 46.3 Å². The normalized spacial score (nSPS) is 34.5. The second kappa shape index (κ2) is 13.3. The number of rotatable bonds is 11. The van der Waals surface area contributed by atoms with Gasteiger partial charge in [0.2, 0.25) is 5.91 Å². The Morgan fingerprint density at radius 2 is 1.69 bits per heavy atom. The summed E-state index contributed by atoms with van der Waals surface area (Å²) < 4.78 is 5.96. The number of carbonyl (C=O) groups is 3. The van der Waals surface area contributed by atoms with Crippen molar-refractivity contribution in [3.8, 4) is 0 Å². The minimum absolute atomic E-state index is 0.112. The number of allylic oxidation sites excluding steroid dienone is 1. The third-order valence-corrected chi connectivity index (χ3v) is 12.3. The lowest BCUT2D eigenvalue weighted by molar-refractivity contribution is -0.143. The van der Waals surface area contributed by atoms with Crippen molar-refractivity contribution in [2.75, 3.05) is 27.2 Å². The topological polar surface area (TPSA) is 87.2 Å². The molecular formula is C35H58N2O5. The van der Waals surface area contributed by atoms with E-state index in [1.165, 1.54) is 66.7 Å². The number of carbonyl (C=O) groups excluding carboxylic acids is 2. The molecule has 7 nitrogen and oxygen atoms in total. The van der Waals surface area contributed by atoms with Gasteiger partial charge in [0.15, 0.2) is 0 Å². The highest BCUT2D eigenvalue weighted by atomic mass is 16.6. The van der Waals surface area contributed by atoms with Gasteiger partial charge in [0.1, 0.15) is 12.5 Å². The molecule has 3 fully saturated rings. The van der Waals surface area contributed by atoms with E-state index < -0.39 is 18.3 Å². The van der Waals surface area contributed by atoms with Crippen LogP contribution < -0.4 is 0 Å². The number of aliphatic carboxylic acids is 1. The number of carboxylic acid groups (broad SMARTS) is 1. The lowest BCUT2D eigenvalue weighted by atomic mass is 9.47. The van der Waals surface area contributed by atoms with Crippen LogP contribution in [0, 0.1) is 46.3 Å². The number of hydrogen-bond acceptors (Lipinski definition) is 4. The lowest BCUT2D eigenvalue weighted by Gasteiger charge is -2.58. The van der Waals surface area contributed by atoms with Gasteiger partial charge in [-0.15, -0.1) is 0 Å². The van der Waals surface area contributed by atoms with E-state index in [0.29, 0.717) is 12.0 Å². The third kappa shape index (κ3) is 6.85. The van der Waals surface area contributed by atoms with E-state index in [1.54, 1.807) is 14.1 Å². The summed E-state index contributed by atoms with van der Waals surface area (Å²) in [6, 6.07) is 0. The number of likely N-dealkylation sites (N-methyl/N-ethyl adjacent to an activating group) is 2. The summed E-state index contributed by atoms with van der Waals surface area (Å²) >= 11 is 0. The van der Waals surface area contributed by atoms with Gasteiger partial charge in [-0.2, -0.15) is 0 Å². The van der Waals surface area contributed by atoms with Gasteiger partial charge in [0.25, 0.3) is 0 Å². The van der Waals surface area contributed by atoms with Crippen LogP contribution in [0.4, 0.5) is 4.79 Å². The Kier molecular flexibility index (Phi) is 10.4. The van der Waals surface area contributed by atoms with Gasteiger partial charge in [0, 0.05) is 33.6 Å². The Bertz CT molecular complexity index is 1020. The number of hydrogen-bond donors (Lipinski definition) is 1. The van der Waals surface area contributed by atoms with Crippen molar-refractivity contribution >= 4 is 18.0 Å².